The van der Waals surface area contributed by atoms with E-state index in [-0.39, 0.29) is 10.8 Å². The van der Waals surface area contributed by atoms with E-state index >= 15 is 0 Å². The molecule has 0 saturated heterocycles. The lowest BCUT2D eigenvalue weighted by atomic mass is 9.81. The first-order chi connectivity index (χ1) is 28.2. The number of nitrogens with zero attached hydrogens (tertiary/aromatic N) is 1. The van der Waals surface area contributed by atoms with Crippen LogP contribution < -0.4 is 0 Å². The first-order valence-electron chi connectivity index (χ1n) is 20.2. The highest BCUT2D eigenvalue weighted by molar-refractivity contribution is 7.26. The van der Waals surface area contributed by atoms with Gasteiger partial charge in [-0.2, -0.15) is 0 Å². The van der Waals surface area contributed by atoms with Crippen molar-refractivity contribution in [2.75, 3.05) is 0 Å². The van der Waals surface area contributed by atoms with Crippen LogP contribution in [0.15, 0.2) is 168 Å². The van der Waals surface area contributed by atoms with Crippen molar-refractivity contribution in [1.82, 2.24) is 4.98 Å². The van der Waals surface area contributed by atoms with Gasteiger partial charge >= 0.3 is 0 Å². The maximum atomic E-state index is 6.15. The number of aromatic nitrogens is 1. The van der Waals surface area contributed by atoms with Crippen LogP contribution in [0.5, 0.6) is 0 Å². The van der Waals surface area contributed by atoms with Crippen molar-refractivity contribution in [3.8, 4) is 67.1 Å². The molecule has 2 heterocycles. The molecule has 2 nitrogen and oxygen atoms in total. The molecule has 0 aliphatic heterocycles. The number of para-hydroxylation sites is 2. The SMILES string of the molecule is CC1(C)c2ccccc2-c2ccc(-c3ccc4sc5c(-c6ccc(-c7nc8ccccc8o7)cc6)cc(-c6ccc7c(c6)C(C)(C)c6ccccc6-7)cc5c4c3)cc21. The van der Waals surface area contributed by atoms with Crippen LogP contribution in [0.3, 0.4) is 0 Å². The number of hydrogen-bond acceptors (Lipinski definition) is 3. The second-order valence-electron chi connectivity index (χ2n) is 17.1. The molecule has 0 bridgehead atoms. The Morgan fingerprint density at radius 1 is 0.414 bits per heavy atom. The highest BCUT2D eigenvalue weighted by Gasteiger charge is 2.36. The van der Waals surface area contributed by atoms with E-state index in [1.807, 2.05) is 35.6 Å². The maximum Gasteiger partial charge on any atom is 0.227 e. The lowest BCUT2D eigenvalue weighted by Crippen LogP contribution is -2.14. The topological polar surface area (TPSA) is 26.0 Å². The summed E-state index contributed by atoms with van der Waals surface area (Å²) >= 11 is 1.89. The first-order valence-corrected chi connectivity index (χ1v) is 21.0. The molecule has 2 aromatic heterocycles. The van der Waals surface area contributed by atoms with E-state index in [0.717, 1.165) is 16.7 Å². The summed E-state index contributed by atoms with van der Waals surface area (Å²) in [4.78, 5) is 4.78. The fourth-order valence-electron chi connectivity index (χ4n) is 9.99. The van der Waals surface area contributed by atoms with Gasteiger partial charge < -0.3 is 4.42 Å². The number of oxazole rings is 1. The molecule has 12 rings (SSSR count). The summed E-state index contributed by atoms with van der Waals surface area (Å²) in [5.41, 5.74) is 20.9. The zero-order valence-electron chi connectivity index (χ0n) is 32.9. The van der Waals surface area contributed by atoms with Crippen molar-refractivity contribution in [2.24, 2.45) is 0 Å². The van der Waals surface area contributed by atoms with Gasteiger partial charge in [0.25, 0.3) is 0 Å². The Hall–Kier alpha value is -6.55. The predicted molar refractivity (Wildman–Crippen MR) is 244 cm³/mol. The molecular weight excluding hydrogens is 723 g/mol. The molecule has 2 aliphatic rings. The second kappa shape index (κ2) is 12.0. The molecular formula is C55H39NOS. The zero-order valence-corrected chi connectivity index (χ0v) is 33.7. The monoisotopic (exact) mass is 761 g/mol. The highest BCUT2D eigenvalue weighted by atomic mass is 32.1. The van der Waals surface area contributed by atoms with Crippen molar-refractivity contribution in [1.29, 1.82) is 0 Å². The number of hydrogen-bond donors (Lipinski definition) is 0. The summed E-state index contributed by atoms with van der Waals surface area (Å²) in [6.45, 7) is 9.44. The van der Waals surface area contributed by atoms with E-state index in [1.165, 1.54) is 98.1 Å². The standard InChI is InChI=1S/C55H39NOS/c1-54(2)45-13-7-5-11-38(45)40-24-21-35(30-47(40)54)34-23-26-51-43(27-34)44-29-37(36-22-25-41-39-12-6-8-14-46(39)55(3,4)48(41)31-36)28-42(52(44)58-51)32-17-19-33(20-18-32)53-56-49-15-9-10-16-50(49)57-53/h5-31H,1-4H3. The van der Waals surface area contributed by atoms with Gasteiger partial charge in [-0.3, -0.25) is 0 Å². The summed E-state index contributed by atoms with van der Waals surface area (Å²) < 4.78 is 8.74. The zero-order chi connectivity index (χ0) is 38.9. The Morgan fingerprint density at radius 2 is 0.931 bits per heavy atom. The largest absolute Gasteiger partial charge is 0.436 e. The average molecular weight is 762 g/mol. The molecule has 276 valence electrons. The lowest BCUT2D eigenvalue weighted by molar-refractivity contribution is 0.620. The molecule has 3 heteroatoms. The van der Waals surface area contributed by atoms with Crippen molar-refractivity contribution >= 4 is 42.6 Å². The van der Waals surface area contributed by atoms with Crippen molar-refractivity contribution in [3.05, 3.63) is 186 Å². The highest BCUT2D eigenvalue weighted by Crippen LogP contribution is 2.52. The van der Waals surface area contributed by atoms with E-state index in [9.17, 15) is 0 Å². The Bertz CT molecular complexity index is 3310. The molecule has 0 saturated carbocycles. The Kier molecular flexibility index (Phi) is 6.94. The van der Waals surface area contributed by atoms with E-state index in [2.05, 4.69) is 167 Å². The number of thiophene rings is 1. The Labute approximate surface area is 342 Å². The van der Waals surface area contributed by atoms with Crippen molar-refractivity contribution < 1.29 is 4.42 Å². The van der Waals surface area contributed by atoms with Gasteiger partial charge in [0.2, 0.25) is 5.89 Å². The summed E-state index contributed by atoms with van der Waals surface area (Å²) in [5, 5.41) is 2.58. The molecule has 0 fully saturated rings. The van der Waals surface area contributed by atoms with Crippen LogP contribution in [0.25, 0.3) is 98.4 Å². The average Bonchev–Trinajstić information content (AvgIpc) is 3.98. The molecule has 0 radical (unpaired) electrons. The third kappa shape index (κ3) is 4.80. The van der Waals surface area contributed by atoms with Crippen LogP contribution in [0, 0.1) is 0 Å². The van der Waals surface area contributed by atoms with Gasteiger partial charge in [-0.1, -0.05) is 131 Å². The van der Waals surface area contributed by atoms with Gasteiger partial charge in [-0.15, -0.1) is 11.3 Å². The third-order valence-corrected chi connectivity index (χ3v) is 14.4. The van der Waals surface area contributed by atoms with E-state index < -0.39 is 0 Å². The number of fused-ring (bicyclic) bond motifs is 10. The molecule has 8 aromatic carbocycles. The summed E-state index contributed by atoms with van der Waals surface area (Å²) in [6, 6.07) is 60.6. The maximum absolute atomic E-state index is 6.15. The molecule has 0 atom stereocenters. The molecule has 2 aliphatic carbocycles. The third-order valence-electron chi connectivity index (χ3n) is 13.1. The quantitative estimate of drug-likeness (QED) is 0.178. The number of benzene rings is 8. The smallest absolute Gasteiger partial charge is 0.227 e. The molecule has 0 unspecified atom stereocenters. The van der Waals surface area contributed by atoms with Gasteiger partial charge in [0, 0.05) is 42.1 Å². The van der Waals surface area contributed by atoms with Gasteiger partial charge in [-0.25, -0.2) is 4.98 Å². The first kappa shape index (κ1) is 33.6. The van der Waals surface area contributed by atoms with Crippen molar-refractivity contribution in [2.45, 2.75) is 38.5 Å². The normalized spacial score (nSPS) is 14.5. The summed E-state index contributed by atoms with van der Waals surface area (Å²) in [7, 11) is 0. The van der Waals surface area contributed by atoms with Gasteiger partial charge in [-0.05, 0) is 133 Å². The van der Waals surface area contributed by atoms with E-state index in [4.69, 9.17) is 9.40 Å². The molecule has 10 aromatic rings. The predicted octanol–water partition coefficient (Wildman–Crippen LogP) is 15.5. The van der Waals surface area contributed by atoms with E-state index in [1.54, 1.807) is 0 Å². The summed E-state index contributed by atoms with van der Waals surface area (Å²) in [5.74, 6) is 0.640. The van der Waals surface area contributed by atoms with Crippen molar-refractivity contribution in [3.63, 3.8) is 0 Å². The van der Waals surface area contributed by atoms with Crippen LogP contribution >= 0.6 is 11.3 Å². The fourth-order valence-corrected chi connectivity index (χ4v) is 11.2. The number of rotatable bonds is 4. The van der Waals surface area contributed by atoms with Gasteiger partial charge in [0.05, 0.1) is 0 Å². The molecule has 0 N–H and O–H groups in total. The Balaban J connectivity index is 1.03. The van der Waals surface area contributed by atoms with Crippen LogP contribution in [-0.4, -0.2) is 4.98 Å². The Morgan fingerprint density at radius 3 is 1.60 bits per heavy atom. The lowest BCUT2D eigenvalue weighted by Gasteiger charge is -2.22. The van der Waals surface area contributed by atoms with Gasteiger partial charge in [0.1, 0.15) is 5.52 Å². The van der Waals surface area contributed by atoms with E-state index in [0.29, 0.717) is 5.89 Å². The van der Waals surface area contributed by atoms with Crippen LogP contribution in [-0.2, 0) is 10.8 Å². The molecule has 58 heavy (non-hydrogen) atoms. The molecule has 0 spiro atoms. The minimum atomic E-state index is -0.0782. The minimum absolute atomic E-state index is 0.0489. The van der Waals surface area contributed by atoms with Crippen LogP contribution in [0.4, 0.5) is 0 Å². The van der Waals surface area contributed by atoms with Gasteiger partial charge in [0.15, 0.2) is 5.58 Å². The minimum Gasteiger partial charge on any atom is -0.436 e. The molecule has 0 amide bonds. The second-order valence-corrected chi connectivity index (χ2v) is 18.2. The summed E-state index contributed by atoms with van der Waals surface area (Å²) in [6.07, 6.45) is 0. The van der Waals surface area contributed by atoms with Crippen LogP contribution in [0.2, 0.25) is 0 Å². The fraction of sp³-hybridized carbons (Fsp3) is 0.109. The van der Waals surface area contributed by atoms with Crippen LogP contribution in [0.1, 0.15) is 49.9 Å².